The number of hydrogen-bond donors (Lipinski definition) is 0. The lowest BCUT2D eigenvalue weighted by atomic mass is 10.1. The second-order valence-corrected chi connectivity index (χ2v) is 5.01. The van der Waals surface area contributed by atoms with Crippen LogP contribution in [0.1, 0.15) is 19.3 Å². The summed E-state index contributed by atoms with van der Waals surface area (Å²) in [7, 11) is 0. The van der Waals surface area contributed by atoms with Crippen molar-refractivity contribution in [2.45, 2.75) is 0 Å². The van der Waals surface area contributed by atoms with Crippen LogP contribution in [0.15, 0.2) is 36.4 Å². The van der Waals surface area contributed by atoms with E-state index in [4.69, 9.17) is 23.2 Å². The largest absolute Gasteiger partial charge is 0.275 e. The first kappa shape index (κ1) is 12.3. The van der Waals surface area contributed by atoms with E-state index < -0.39 is 10.5 Å². The standard InChI is InChI=1S/C12H6Cl2O2S/c13-11(15)9-6-8(10(17-9)12(14)16)7-4-2-1-3-5-7/h1-6H. The molecule has 2 rings (SSSR count). The summed E-state index contributed by atoms with van der Waals surface area (Å²) in [6.45, 7) is 0. The second kappa shape index (κ2) is 5.00. The molecule has 0 amide bonds. The molecule has 0 unspecified atom stereocenters. The molecule has 0 aliphatic heterocycles. The van der Waals surface area contributed by atoms with E-state index in [1.165, 1.54) is 0 Å². The minimum Gasteiger partial charge on any atom is -0.275 e. The van der Waals surface area contributed by atoms with Crippen LogP contribution < -0.4 is 0 Å². The fraction of sp³-hybridized carbons (Fsp3) is 0. The predicted octanol–water partition coefficient (Wildman–Crippen LogP) is 4.17. The fourth-order valence-corrected chi connectivity index (χ4v) is 2.70. The summed E-state index contributed by atoms with van der Waals surface area (Å²) in [4.78, 5) is 23.0. The second-order valence-electron chi connectivity index (χ2n) is 3.27. The van der Waals surface area contributed by atoms with Crippen LogP contribution in [0.3, 0.4) is 0 Å². The SMILES string of the molecule is O=C(Cl)c1cc(-c2ccccc2)c(C(=O)Cl)s1. The molecule has 0 saturated carbocycles. The van der Waals surface area contributed by atoms with Crippen LogP contribution in [-0.4, -0.2) is 10.5 Å². The number of benzene rings is 1. The highest BCUT2D eigenvalue weighted by Gasteiger charge is 2.18. The molecule has 0 bridgehead atoms. The Bertz CT molecular complexity index is 575. The van der Waals surface area contributed by atoms with Crippen molar-refractivity contribution in [2.24, 2.45) is 0 Å². The molecule has 0 atom stereocenters. The number of halogens is 2. The highest BCUT2D eigenvalue weighted by atomic mass is 35.5. The zero-order valence-electron chi connectivity index (χ0n) is 8.44. The molecule has 2 aromatic rings. The molecule has 2 nitrogen and oxygen atoms in total. The van der Waals surface area contributed by atoms with Crippen LogP contribution in [0.25, 0.3) is 11.1 Å². The average Bonchev–Trinajstić information content (AvgIpc) is 2.75. The van der Waals surface area contributed by atoms with E-state index in [2.05, 4.69) is 0 Å². The Labute approximate surface area is 112 Å². The predicted molar refractivity (Wildman–Crippen MR) is 70.1 cm³/mol. The lowest BCUT2D eigenvalue weighted by Gasteiger charge is -1.98. The molecule has 0 fully saturated rings. The Balaban J connectivity index is 2.60. The van der Waals surface area contributed by atoms with Crippen molar-refractivity contribution in [1.29, 1.82) is 0 Å². The van der Waals surface area contributed by atoms with Crippen molar-refractivity contribution >= 4 is 45.0 Å². The lowest BCUT2D eigenvalue weighted by Crippen LogP contribution is -1.86. The summed E-state index contributed by atoms with van der Waals surface area (Å²) in [5.41, 5.74) is 1.47. The van der Waals surface area contributed by atoms with E-state index in [0.29, 0.717) is 15.3 Å². The van der Waals surface area contributed by atoms with Gasteiger partial charge < -0.3 is 0 Å². The van der Waals surface area contributed by atoms with Gasteiger partial charge >= 0.3 is 0 Å². The van der Waals surface area contributed by atoms with Gasteiger partial charge in [0.25, 0.3) is 10.5 Å². The van der Waals surface area contributed by atoms with E-state index in [1.807, 2.05) is 30.3 Å². The number of thiophene rings is 1. The number of rotatable bonds is 3. The van der Waals surface area contributed by atoms with Gasteiger partial charge in [-0.1, -0.05) is 30.3 Å². The zero-order chi connectivity index (χ0) is 12.4. The van der Waals surface area contributed by atoms with E-state index in [9.17, 15) is 9.59 Å². The van der Waals surface area contributed by atoms with Crippen LogP contribution in [0.5, 0.6) is 0 Å². The van der Waals surface area contributed by atoms with Crippen LogP contribution in [-0.2, 0) is 0 Å². The summed E-state index contributed by atoms with van der Waals surface area (Å²) in [6, 6.07) is 10.8. The van der Waals surface area contributed by atoms with E-state index in [-0.39, 0.29) is 0 Å². The maximum Gasteiger partial charge on any atom is 0.263 e. The average molecular weight is 285 g/mol. The topological polar surface area (TPSA) is 34.1 Å². The Hall–Kier alpha value is -1.16. The van der Waals surface area contributed by atoms with Crippen molar-refractivity contribution in [1.82, 2.24) is 0 Å². The molecule has 0 radical (unpaired) electrons. The highest BCUT2D eigenvalue weighted by Crippen LogP contribution is 2.33. The molecule has 1 aromatic carbocycles. The number of hydrogen-bond acceptors (Lipinski definition) is 3. The van der Waals surface area contributed by atoms with Gasteiger partial charge in [-0.15, -0.1) is 11.3 Å². The van der Waals surface area contributed by atoms with E-state index in [0.717, 1.165) is 16.9 Å². The first-order chi connectivity index (χ1) is 8.09. The minimum absolute atomic E-state index is 0.314. The van der Waals surface area contributed by atoms with E-state index in [1.54, 1.807) is 6.07 Å². The number of carbonyl (C=O) groups excluding carboxylic acids is 2. The molecular formula is C12H6Cl2O2S. The van der Waals surface area contributed by atoms with Crippen molar-refractivity contribution < 1.29 is 9.59 Å². The summed E-state index contributed by atoms with van der Waals surface area (Å²) in [5.74, 6) is 0. The molecule has 17 heavy (non-hydrogen) atoms. The normalized spacial score (nSPS) is 10.2. The van der Waals surface area contributed by atoms with E-state index >= 15 is 0 Å². The monoisotopic (exact) mass is 284 g/mol. The van der Waals surface area contributed by atoms with Crippen LogP contribution in [0, 0.1) is 0 Å². The van der Waals surface area contributed by atoms with Crippen LogP contribution >= 0.6 is 34.5 Å². The molecule has 86 valence electrons. The Kier molecular flexibility index (Phi) is 3.62. The minimum atomic E-state index is -0.587. The summed E-state index contributed by atoms with van der Waals surface area (Å²) < 4.78 is 0. The Morgan fingerprint density at radius 1 is 1.00 bits per heavy atom. The van der Waals surface area contributed by atoms with Gasteiger partial charge in [0.05, 0.1) is 9.75 Å². The number of carbonyl (C=O) groups is 2. The van der Waals surface area contributed by atoms with Gasteiger partial charge in [0.1, 0.15) is 0 Å². The third-order valence-electron chi connectivity index (χ3n) is 2.19. The van der Waals surface area contributed by atoms with Gasteiger partial charge in [0, 0.05) is 5.56 Å². The van der Waals surface area contributed by atoms with Crippen molar-refractivity contribution in [3.05, 3.63) is 46.2 Å². The molecule has 0 saturated heterocycles. The Morgan fingerprint density at radius 2 is 1.65 bits per heavy atom. The molecule has 1 heterocycles. The highest BCUT2D eigenvalue weighted by molar-refractivity contribution is 7.19. The fourth-order valence-electron chi connectivity index (χ4n) is 1.47. The molecule has 1 aromatic heterocycles. The third-order valence-corrected chi connectivity index (χ3v) is 3.94. The van der Waals surface area contributed by atoms with Gasteiger partial charge in [-0.05, 0) is 34.8 Å². The lowest BCUT2D eigenvalue weighted by molar-refractivity contribution is 0.107. The van der Waals surface area contributed by atoms with Crippen molar-refractivity contribution in [2.75, 3.05) is 0 Å². The summed E-state index contributed by atoms with van der Waals surface area (Å²) in [5, 5.41) is -1.17. The smallest absolute Gasteiger partial charge is 0.263 e. The van der Waals surface area contributed by atoms with Crippen LogP contribution in [0.4, 0.5) is 0 Å². The molecular weight excluding hydrogens is 279 g/mol. The molecule has 0 N–H and O–H groups in total. The van der Waals surface area contributed by atoms with Crippen molar-refractivity contribution in [3.63, 3.8) is 0 Å². The molecule has 0 aliphatic carbocycles. The molecule has 0 spiro atoms. The molecule has 5 heteroatoms. The molecule has 0 aliphatic rings. The third kappa shape index (κ3) is 2.57. The van der Waals surface area contributed by atoms with Gasteiger partial charge in [-0.25, -0.2) is 0 Å². The van der Waals surface area contributed by atoms with Gasteiger partial charge in [-0.2, -0.15) is 0 Å². The first-order valence-electron chi connectivity index (χ1n) is 4.68. The van der Waals surface area contributed by atoms with Gasteiger partial charge in [0.2, 0.25) is 0 Å². The van der Waals surface area contributed by atoms with Gasteiger partial charge in [-0.3, -0.25) is 9.59 Å². The van der Waals surface area contributed by atoms with Gasteiger partial charge in [0.15, 0.2) is 0 Å². The van der Waals surface area contributed by atoms with Crippen LogP contribution in [0.2, 0.25) is 0 Å². The first-order valence-corrected chi connectivity index (χ1v) is 6.25. The summed E-state index contributed by atoms with van der Waals surface area (Å²) in [6.07, 6.45) is 0. The Morgan fingerprint density at radius 3 is 2.18 bits per heavy atom. The maximum absolute atomic E-state index is 11.3. The zero-order valence-corrected chi connectivity index (χ0v) is 10.8. The quantitative estimate of drug-likeness (QED) is 0.793. The summed E-state index contributed by atoms with van der Waals surface area (Å²) >= 11 is 11.9. The van der Waals surface area contributed by atoms with Crippen molar-refractivity contribution in [3.8, 4) is 11.1 Å². The maximum atomic E-state index is 11.3.